The highest BCUT2D eigenvalue weighted by Gasteiger charge is 2.36. The Morgan fingerprint density at radius 1 is 1.34 bits per heavy atom. The molecular weight excluding hydrogens is 374 g/mol. The number of nitrogens with zero attached hydrogens (tertiary/aromatic N) is 4. The van der Waals surface area contributed by atoms with Gasteiger partial charge in [0.2, 0.25) is 0 Å². The Balaban J connectivity index is 1.46. The lowest BCUT2D eigenvalue weighted by Gasteiger charge is -2.25. The SMILES string of the molecule is CCc1cc2[nH]c3c(c(=O)n2n1)CN(CC1CCN(C(=O)OC(C)(C)C)C1)C3=O. The van der Waals surface area contributed by atoms with E-state index in [4.69, 9.17) is 4.74 Å². The summed E-state index contributed by atoms with van der Waals surface area (Å²) < 4.78 is 6.77. The molecule has 0 aliphatic carbocycles. The third-order valence-corrected chi connectivity index (χ3v) is 5.39. The Bertz CT molecular complexity index is 1030. The van der Waals surface area contributed by atoms with Gasteiger partial charge in [-0.2, -0.15) is 9.61 Å². The van der Waals surface area contributed by atoms with Gasteiger partial charge in [0.1, 0.15) is 16.9 Å². The fourth-order valence-electron chi connectivity index (χ4n) is 3.97. The van der Waals surface area contributed by atoms with Gasteiger partial charge in [-0.25, -0.2) is 4.79 Å². The van der Waals surface area contributed by atoms with Gasteiger partial charge in [0, 0.05) is 25.7 Å². The summed E-state index contributed by atoms with van der Waals surface area (Å²) in [6, 6.07) is 1.80. The number of amides is 2. The first-order chi connectivity index (χ1) is 13.7. The van der Waals surface area contributed by atoms with E-state index < -0.39 is 5.60 Å². The zero-order valence-corrected chi connectivity index (χ0v) is 17.3. The molecule has 1 saturated heterocycles. The minimum atomic E-state index is -0.530. The minimum absolute atomic E-state index is 0.159. The molecule has 1 unspecified atom stereocenters. The Labute approximate surface area is 168 Å². The highest BCUT2D eigenvalue weighted by molar-refractivity contribution is 5.96. The molecule has 2 amide bonds. The van der Waals surface area contributed by atoms with Crippen LogP contribution in [0.4, 0.5) is 4.79 Å². The van der Waals surface area contributed by atoms with Crippen molar-refractivity contribution in [2.24, 2.45) is 5.92 Å². The summed E-state index contributed by atoms with van der Waals surface area (Å²) in [6.07, 6.45) is 1.20. The number of carbonyl (C=O) groups excluding carboxylic acids is 2. The maximum absolute atomic E-state index is 12.9. The lowest BCUT2D eigenvalue weighted by molar-refractivity contribution is 0.0286. The molecule has 0 aromatic carbocycles. The van der Waals surface area contributed by atoms with Gasteiger partial charge in [-0.1, -0.05) is 6.92 Å². The standard InChI is InChI=1S/C20H27N5O4/c1-5-13-8-15-21-16-14(17(26)25(15)22-13)11-24(18(16)27)10-12-6-7-23(9-12)19(28)29-20(2,3)4/h8,12,21H,5-7,9-11H2,1-4H3. The second-order valence-electron chi connectivity index (χ2n) is 8.84. The molecule has 29 heavy (non-hydrogen) atoms. The Kier molecular flexibility index (Phi) is 4.63. The fourth-order valence-corrected chi connectivity index (χ4v) is 3.97. The molecule has 0 bridgehead atoms. The van der Waals surface area contributed by atoms with E-state index >= 15 is 0 Å². The van der Waals surface area contributed by atoms with Gasteiger partial charge >= 0.3 is 6.09 Å². The normalized spacial score (nSPS) is 19.3. The molecule has 4 rings (SSSR count). The lowest BCUT2D eigenvalue weighted by Crippen LogP contribution is -2.36. The van der Waals surface area contributed by atoms with Crippen LogP contribution in [0.25, 0.3) is 5.65 Å². The largest absolute Gasteiger partial charge is 0.444 e. The van der Waals surface area contributed by atoms with Crippen LogP contribution in [0.1, 0.15) is 55.9 Å². The van der Waals surface area contributed by atoms with Gasteiger partial charge < -0.3 is 19.5 Å². The molecule has 2 aromatic heterocycles. The van der Waals surface area contributed by atoms with Crippen molar-refractivity contribution in [3.8, 4) is 0 Å². The van der Waals surface area contributed by atoms with Gasteiger partial charge in [0.15, 0.2) is 0 Å². The van der Waals surface area contributed by atoms with E-state index in [1.807, 2.05) is 27.7 Å². The summed E-state index contributed by atoms with van der Waals surface area (Å²) in [5.74, 6) is -0.0128. The monoisotopic (exact) mass is 401 g/mol. The first-order valence-corrected chi connectivity index (χ1v) is 10.1. The molecule has 0 spiro atoms. The van der Waals surface area contributed by atoms with Crippen LogP contribution in [0.5, 0.6) is 0 Å². The van der Waals surface area contributed by atoms with Gasteiger partial charge in [0.25, 0.3) is 11.5 Å². The summed E-state index contributed by atoms with van der Waals surface area (Å²) in [6.45, 7) is 9.43. The van der Waals surface area contributed by atoms with E-state index in [1.54, 1.807) is 15.9 Å². The fraction of sp³-hybridized carbons (Fsp3) is 0.600. The zero-order valence-electron chi connectivity index (χ0n) is 17.3. The molecule has 9 heteroatoms. The number of likely N-dealkylation sites (tertiary alicyclic amines) is 1. The average Bonchev–Trinajstić information content (AvgIpc) is 3.34. The van der Waals surface area contributed by atoms with E-state index in [2.05, 4.69) is 10.1 Å². The van der Waals surface area contributed by atoms with Crippen molar-refractivity contribution in [3.63, 3.8) is 0 Å². The van der Waals surface area contributed by atoms with Gasteiger partial charge in [-0.3, -0.25) is 9.59 Å². The number of aromatic nitrogens is 3. The number of hydrogen-bond acceptors (Lipinski definition) is 5. The molecule has 0 radical (unpaired) electrons. The molecule has 2 aromatic rings. The summed E-state index contributed by atoms with van der Waals surface area (Å²) in [7, 11) is 0. The number of carbonyl (C=O) groups is 2. The number of aromatic amines is 1. The highest BCUT2D eigenvalue weighted by atomic mass is 16.6. The van der Waals surface area contributed by atoms with E-state index in [0.717, 1.165) is 18.5 Å². The van der Waals surface area contributed by atoms with E-state index in [9.17, 15) is 14.4 Å². The van der Waals surface area contributed by atoms with Crippen LogP contribution < -0.4 is 5.56 Å². The predicted octanol–water partition coefficient (Wildman–Crippen LogP) is 1.80. The number of hydrogen-bond donors (Lipinski definition) is 1. The number of H-pyrrole nitrogens is 1. The first-order valence-electron chi connectivity index (χ1n) is 10.1. The number of fused-ring (bicyclic) bond motifs is 2. The van der Waals surface area contributed by atoms with E-state index in [-0.39, 0.29) is 30.0 Å². The predicted molar refractivity (Wildman–Crippen MR) is 106 cm³/mol. The maximum atomic E-state index is 12.9. The summed E-state index contributed by atoms with van der Waals surface area (Å²) in [4.78, 5) is 44.4. The third-order valence-electron chi connectivity index (χ3n) is 5.39. The van der Waals surface area contributed by atoms with Crippen molar-refractivity contribution in [1.29, 1.82) is 0 Å². The van der Waals surface area contributed by atoms with Crippen LogP contribution in [0.2, 0.25) is 0 Å². The summed E-state index contributed by atoms with van der Waals surface area (Å²) >= 11 is 0. The van der Waals surface area contributed by atoms with E-state index in [0.29, 0.717) is 36.5 Å². The van der Waals surface area contributed by atoms with Crippen molar-refractivity contribution in [2.75, 3.05) is 19.6 Å². The molecule has 4 heterocycles. The second kappa shape index (κ2) is 6.89. The topological polar surface area (TPSA) is 100 Å². The second-order valence-corrected chi connectivity index (χ2v) is 8.84. The molecule has 2 aliphatic rings. The number of nitrogens with one attached hydrogen (secondary N) is 1. The van der Waals surface area contributed by atoms with Crippen molar-refractivity contribution in [1.82, 2.24) is 24.4 Å². The van der Waals surface area contributed by atoms with Crippen LogP contribution in [-0.4, -0.2) is 61.6 Å². The van der Waals surface area contributed by atoms with Crippen molar-refractivity contribution in [2.45, 2.75) is 52.7 Å². The Hall–Kier alpha value is -2.84. The van der Waals surface area contributed by atoms with Crippen LogP contribution in [0.15, 0.2) is 10.9 Å². The Morgan fingerprint density at radius 3 is 2.79 bits per heavy atom. The molecule has 1 N–H and O–H groups in total. The molecule has 0 saturated carbocycles. The molecule has 1 fully saturated rings. The number of aryl methyl sites for hydroxylation is 1. The summed E-state index contributed by atoms with van der Waals surface area (Å²) in [5, 5.41) is 4.31. The molecule has 156 valence electrons. The number of ether oxygens (including phenoxy) is 1. The molecule has 9 nitrogen and oxygen atoms in total. The Morgan fingerprint density at radius 2 is 2.10 bits per heavy atom. The molecular formula is C20H27N5O4. The highest BCUT2D eigenvalue weighted by Crippen LogP contribution is 2.25. The van der Waals surface area contributed by atoms with Crippen molar-refractivity contribution < 1.29 is 14.3 Å². The molecule has 1 atom stereocenters. The molecule has 2 aliphatic heterocycles. The third kappa shape index (κ3) is 3.61. The van der Waals surface area contributed by atoms with Gasteiger partial charge in [-0.15, -0.1) is 0 Å². The zero-order chi connectivity index (χ0) is 20.9. The quantitative estimate of drug-likeness (QED) is 0.845. The van der Waals surface area contributed by atoms with Gasteiger partial charge in [-0.05, 0) is 39.5 Å². The minimum Gasteiger partial charge on any atom is -0.444 e. The van der Waals surface area contributed by atoms with Crippen LogP contribution in [-0.2, 0) is 17.7 Å². The lowest BCUT2D eigenvalue weighted by atomic mass is 10.1. The maximum Gasteiger partial charge on any atom is 0.410 e. The van der Waals surface area contributed by atoms with Crippen LogP contribution in [0, 0.1) is 5.92 Å². The van der Waals surface area contributed by atoms with E-state index in [1.165, 1.54) is 4.52 Å². The average molecular weight is 401 g/mol. The van der Waals surface area contributed by atoms with Crippen molar-refractivity contribution >= 4 is 17.6 Å². The van der Waals surface area contributed by atoms with Crippen LogP contribution in [0.3, 0.4) is 0 Å². The smallest absolute Gasteiger partial charge is 0.410 e. The first kappa shape index (κ1) is 19.5. The van der Waals surface area contributed by atoms with Gasteiger partial charge in [0.05, 0.1) is 17.8 Å². The van der Waals surface area contributed by atoms with Crippen molar-refractivity contribution in [3.05, 3.63) is 33.4 Å². The van der Waals surface area contributed by atoms with Crippen LogP contribution >= 0.6 is 0 Å². The number of rotatable bonds is 3. The summed E-state index contributed by atoms with van der Waals surface area (Å²) in [5.41, 5.74) is 1.38.